The fourth-order valence-corrected chi connectivity index (χ4v) is 0.283. The molecule has 11 heavy (non-hydrogen) atoms. The van der Waals surface area contributed by atoms with Crippen LogP contribution < -0.4 is 0 Å². The zero-order chi connectivity index (χ0) is 9.07. The van der Waals surface area contributed by atoms with Gasteiger partial charge in [-0.05, 0) is 0 Å². The van der Waals surface area contributed by atoms with Gasteiger partial charge in [-0.25, -0.2) is 13.6 Å². The van der Waals surface area contributed by atoms with Gasteiger partial charge in [-0.2, -0.15) is 4.39 Å². The lowest BCUT2D eigenvalue weighted by molar-refractivity contribution is -0.208. The van der Waals surface area contributed by atoms with Crippen LogP contribution in [-0.2, 0) is 9.53 Å². The molecule has 0 amide bonds. The maximum atomic E-state index is 12.4. The number of alkyl halides is 3. The molecule has 1 atom stereocenters. The van der Waals surface area contributed by atoms with Gasteiger partial charge in [0.2, 0.25) is 0 Å². The lowest BCUT2D eigenvalue weighted by Gasteiger charge is -2.18. The second kappa shape index (κ2) is 3.41. The van der Waals surface area contributed by atoms with E-state index in [1.807, 2.05) is 0 Å². The summed E-state index contributed by atoms with van der Waals surface area (Å²) in [5.74, 6) is -4.44. The van der Waals surface area contributed by atoms with Gasteiger partial charge in [-0.15, -0.1) is 0 Å². The van der Waals surface area contributed by atoms with E-state index in [1.54, 1.807) is 0 Å². The third-order valence-electron chi connectivity index (χ3n) is 0.857. The molecule has 0 aromatic carbocycles. The molecular weight excluding hydrogens is 161 g/mol. The minimum atomic E-state index is -3.36. The Labute approximate surface area is 61.6 Å². The van der Waals surface area contributed by atoms with Crippen LogP contribution in [0.1, 0.15) is 6.92 Å². The molecule has 0 fully saturated rings. The quantitative estimate of drug-likeness (QED) is 0.473. The van der Waals surface area contributed by atoms with Crippen LogP contribution in [0.4, 0.5) is 13.2 Å². The number of ether oxygens (including phenoxy) is 1. The van der Waals surface area contributed by atoms with Gasteiger partial charge in [-0.1, -0.05) is 6.58 Å². The van der Waals surface area contributed by atoms with Crippen LogP contribution in [0, 0.1) is 0 Å². The Bertz CT molecular complexity index is 165. The number of esters is 1. The highest BCUT2D eigenvalue weighted by Crippen LogP contribution is 2.21. The molecule has 0 aliphatic carbocycles. The summed E-state index contributed by atoms with van der Waals surface area (Å²) < 4.78 is 39.3. The number of rotatable bonds is 3. The van der Waals surface area contributed by atoms with E-state index in [9.17, 15) is 18.0 Å². The Kier molecular flexibility index (Phi) is 3.10. The molecule has 0 saturated heterocycles. The van der Waals surface area contributed by atoms with Crippen LogP contribution in [0.2, 0.25) is 0 Å². The summed E-state index contributed by atoms with van der Waals surface area (Å²) in [6, 6.07) is 0. The molecule has 0 aromatic rings. The van der Waals surface area contributed by atoms with Gasteiger partial charge >= 0.3 is 18.2 Å². The van der Waals surface area contributed by atoms with Crippen molar-refractivity contribution in [3.05, 3.63) is 12.7 Å². The molecule has 0 saturated carbocycles. The van der Waals surface area contributed by atoms with Crippen LogP contribution in [0.15, 0.2) is 12.7 Å². The van der Waals surface area contributed by atoms with Crippen molar-refractivity contribution in [1.29, 1.82) is 0 Å². The molecule has 0 spiro atoms. The van der Waals surface area contributed by atoms with Crippen molar-refractivity contribution in [2.75, 3.05) is 0 Å². The van der Waals surface area contributed by atoms with Crippen LogP contribution >= 0.6 is 0 Å². The summed E-state index contributed by atoms with van der Waals surface area (Å²) in [6.07, 6.45) is -2.74. The lowest BCUT2D eigenvalue weighted by atomic mass is 10.4. The second-order valence-corrected chi connectivity index (χ2v) is 1.91. The van der Waals surface area contributed by atoms with Crippen molar-refractivity contribution in [2.24, 2.45) is 0 Å². The monoisotopic (exact) mass is 168 g/mol. The van der Waals surface area contributed by atoms with Crippen molar-refractivity contribution in [1.82, 2.24) is 0 Å². The summed E-state index contributed by atoms with van der Waals surface area (Å²) >= 11 is 0. The zero-order valence-corrected chi connectivity index (χ0v) is 5.81. The number of hydrogen-bond acceptors (Lipinski definition) is 2. The largest absolute Gasteiger partial charge is 0.419 e. The predicted octanol–water partition coefficient (Wildman–Crippen LogP) is 1.67. The van der Waals surface area contributed by atoms with E-state index < -0.39 is 18.2 Å². The standard InChI is InChI=1S/C6H7F3O2/c1-3-4(10)11-6(2,9)5(7)8/h3,5H,1H2,2H3. The minimum absolute atomic E-state index is 0.471. The van der Waals surface area contributed by atoms with Gasteiger partial charge in [-0.3, -0.25) is 0 Å². The van der Waals surface area contributed by atoms with E-state index in [0.717, 1.165) is 0 Å². The van der Waals surface area contributed by atoms with Crippen molar-refractivity contribution in [2.45, 2.75) is 19.2 Å². The van der Waals surface area contributed by atoms with Crippen molar-refractivity contribution < 1.29 is 22.7 Å². The Morgan fingerprint density at radius 3 is 2.45 bits per heavy atom. The highest BCUT2D eigenvalue weighted by molar-refractivity contribution is 5.81. The summed E-state index contributed by atoms with van der Waals surface area (Å²) in [5.41, 5.74) is 0. The topological polar surface area (TPSA) is 26.3 Å². The second-order valence-electron chi connectivity index (χ2n) is 1.91. The molecule has 0 N–H and O–H groups in total. The fourth-order valence-electron chi connectivity index (χ4n) is 0.283. The first-order chi connectivity index (χ1) is 4.90. The van der Waals surface area contributed by atoms with E-state index in [0.29, 0.717) is 13.0 Å². The van der Waals surface area contributed by atoms with E-state index >= 15 is 0 Å². The van der Waals surface area contributed by atoms with Gasteiger partial charge in [0.1, 0.15) is 0 Å². The van der Waals surface area contributed by atoms with Crippen LogP contribution in [-0.4, -0.2) is 18.2 Å². The number of carbonyl (C=O) groups excluding carboxylic acids is 1. The summed E-state index contributed by atoms with van der Waals surface area (Å²) in [6.45, 7) is 3.39. The molecule has 5 heteroatoms. The smallest absolute Gasteiger partial charge is 0.333 e. The zero-order valence-electron chi connectivity index (χ0n) is 5.81. The van der Waals surface area contributed by atoms with Gasteiger partial charge in [0, 0.05) is 13.0 Å². The van der Waals surface area contributed by atoms with E-state index in [-0.39, 0.29) is 0 Å². The molecule has 0 bridgehead atoms. The highest BCUT2D eigenvalue weighted by atomic mass is 19.3. The first-order valence-electron chi connectivity index (χ1n) is 2.72. The third-order valence-corrected chi connectivity index (χ3v) is 0.857. The normalized spacial score (nSPS) is 15.7. The first kappa shape index (κ1) is 10.0. The molecule has 0 aliphatic rings. The number of halogens is 3. The first-order valence-corrected chi connectivity index (χ1v) is 2.72. The molecule has 0 aliphatic heterocycles. The molecule has 0 heterocycles. The van der Waals surface area contributed by atoms with Crippen LogP contribution in [0.3, 0.4) is 0 Å². The van der Waals surface area contributed by atoms with Crippen LogP contribution in [0.5, 0.6) is 0 Å². The molecule has 0 rings (SSSR count). The average Bonchev–Trinajstić information content (AvgIpc) is 1.86. The minimum Gasteiger partial charge on any atom is -0.419 e. The van der Waals surface area contributed by atoms with Gasteiger partial charge in [0.15, 0.2) is 0 Å². The molecule has 64 valence electrons. The molecule has 0 radical (unpaired) electrons. The number of hydrogen-bond donors (Lipinski definition) is 0. The van der Waals surface area contributed by atoms with Crippen molar-refractivity contribution in [3.63, 3.8) is 0 Å². The van der Waals surface area contributed by atoms with Gasteiger partial charge < -0.3 is 4.74 Å². The molecular formula is C6H7F3O2. The highest BCUT2D eigenvalue weighted by Gasteiger charge is 2.38. The predicted molar refractivity (Wildman–Crippen MR) is 31.8 cm³/mol. The maximum Gasteiger partial charge on any atom is 0.333 e. The van der Waals surface area contributed by atoms with Crippen molar-refractivity contribution in [3.8, 4) is 0 Å². The molecule has 2 nitrogen and oxygen atoms in total. The van der Waals surface area contributed by atoms with E-state index in [4.69, 9.17) is 0 Å². The molecule has 0 aromatic heterocycles. The fraction of sp³-hybridized carbons (Fsp3) is 0.500. The Hall–Kier alpha value is -1.00. The summed E-state index contributed by atoms with van der Waals surface area (Å²) in [5, 5.41) is 0. The Morgan fingerprint density at radius 1 is 1.73 bits per heavy atom. The van der Waals surface area contributed by atoms with Gasteiger partial charge in [0.25, 0.3) is 0 Å². The summed E-state index contributed by atoms with van der Waals surface area (Å²) in [4.78, 5) is 10.2. The summed E-state index contributed by atoms with van der Waals surface area (Å²) in [7, 11) is 0. The maximum absolute atomic E-state index is 12.4. The average molecular weight is 168 g/mol. The van der Waals surface area contributed by atoms with E-state index in [1.165, 1.54) is 0 Å². The van der Waals surface area contributed by atoms with E-state index in [2.05, 4.69) is 11.3 Å². The Balaban J connectivity index is 4.11. The molecule has 1 unspecified atom stereocenters. The third kappa shape index (κ3) is 3.06. The number of carbonyl (C=O) groups is 1. The lowest BCUT2D eigenvalue weighted by Crippen LogP contribution is -2.33. The Morgan fingerprint density at radius 2 is 2.18 bits per heavy atom. The van der Waals surface area contributed by atoms with Gasteiger partial charge in [0.05, 0.1) is 0 Å². The van der Waals surface area contributed by atoms with Crippen molar-refractivity contribution >= 4 is 5.97 Å². The SMILES string of the molecule is C=CC(=O)OC(C)(F)C(F)F. The van der Waals surface area contributed by atoms with Crippen LogP contribution in [0.25, 0.3) is 0 Å².